The first-order valence-corrected chi connectivity index (χ1v) is 7.19. The number of nitrogens with zero attached hydrogens (tertiary/aromatic N) is 1. The van der Waals surface area contributed by atoms with Gasteiger partial charge >= 0.3 is 0 Å². The van der Waals surface area contributed by atoms with Crippen LogP contribution < -0.4 is 5.32 Å². The standard InChI is InChI=1S/C15H22ClFN2/c1-18-14(12-10-11(17)6-7-13(12)16)15(19(2)3)8-4-5-9-15/h6-7,10,14,18H,4-5,8-9H2,1-3H3. The van der Waals surface area contributed by atoms with E-state index in [1.807, 2.05) is 7.05 Å². The third-order valence-corrected chi connectivity index (χ3v) is 4.80. The predicted octanol–water partition coefficient (Wildman–Crippen LogP) is 3.61. The fourth-order valence-electron chi connectivity index (χ4n) is 3.43. The summed E-state index contributed by atoms with van der Waals surface area (Å²) in [5.41, 5.74) is 0.881. The summed E-state index contributed by atoms with van der Waals surface area (Å²) < 4.78 is 13.6. The van der Waals surface area contributed by atoms with Crippen LogP contribution in [0.4, 0.5) is 4.39 Å². The van der Waals surface area contributed by atoms with Crippen molar-refractivity contribution in [3.8, 4) is 0 Å². The molecule has 1 aromatic rings. The highest BCUT2D eigenvalue weighted by molar-refractivity contribution is 6.31. The van der Waals surface area contributed by atoms with E-state index < -0.39 is 0 Å². The highest BCUT2D eigenvalue weighted by Gasteiger charge is 2.43. The molecule has 1 atom stereocenters. The third kappa shape index (κ3) is 2.64. The van der Waals surface area contributed by atoms with E-state index in [0.717, 1.165) is 18.4 Å². The lowest BCUT2D eigenvalue weighted by Gasteiger charge is -2.43. The molecule has 4 heteroatoms. The second kappa shape index (κ2) is 5.78. The van der Waals surface area contributed by atoms with Gasteiger partial charge in [-0.05, 0) is 57.7 Å². The Bertz CT molecular complexity index is 442. The zero-order valence-corrected chi connectivity index (χ0v) is 12.6. The Morgan fingerprint density at radius 3 is 2.47 bits per heavy atom. The van der Waals surface area contributed by atoms with Gasteiger partial charge in [-0.25, -0.2) is 4.39 Å². The summed E-state index contributed by atoms with van der Waals surface area (Å²) in [6.45, 7) is 0. The molecule has 0 aliphatic heterocycles. The summed E-state index contributed by atoms with van der Waals surface area (Å²) in [5, 5.41) is 3.99. The molecule has 0 aromatic heterocycles. The maximum Gasteiger partial charge on any atom is 0.123 e. The maximum atomic E-state index is 13.6. The van der Waals surface area contributed by atoms with Crippen molar-refractivity contribution in [2.75, 3.05) is 21.1 Å². The van der Waals surface area contributed by atoms with Crippen molar-refractivity contribution < 1.29 is 4.39 Å². The summed E-state index contributed by atoms with van der Waals surface area (Å²) >= 11 is 6.29. The fourth-order valence-corrected chi connectivity index (χ4v) is 3.66. The van der Waals surface area contributed by atoms with E-state index in [-0.39, 0.29) is 17.4 Å². The van der Waals surface area contributed by atoms with E-state index in [1.165, 1.54) is 18.9 Å². The minimum Gasteiger partial charge on any atom is -0.311 e. The van der Waals surface area contributed by atoms with E-state index in [4.69, 9.17) is 11.6 Å². The van der Waals surface area contributed by atoms with Crippen molar-refractivity contribution in [1.29, 1.82) is 0 Å². The van der Waals surface area contributed by atoms with Gasteiger partial charge in [-0.1, -0.05) is 24.4 Å². The number of hydrogen-bond donors (Lipinski definition) is 1. The summed E-state index contributed by atoms with van der Waals surface area (Å²) in [4.78, 5) is 2.27. The first-order valence-electron chi connectivity index (χ1n) is 6.81. The minimum absolute atomic E-state index is 0.0200. The van der Waals surface area contributed by atoms with E-state index in [9.17, 15) is 4.39 Å². The molecule has 0 saturated heterocycles. The number of benzene rings is 1. The largest absolute Gasteiger partial charge is 0.311 e. The Balaban J connectivity index is 2.45. The third-order valence-electron chi connectivity index (χ3n) is 4.46. The molecule has 1 fully saturated rings. The Labute approximate surface area is 119 Å². The van der Waals surface area contributed by atoms with Crippen molar-refractivity contribution in [2.24, 2.45) is 0 Å². The SMILES string of the molecule is CNC(c1cc(F)ccc1Cl)C1(N(C)C)CCCC1. The smallest absolute Gasteiger partial charge is 0.123 e. The van der Waals surface area contributed by atoms with E-state index in [2.05, 4.69) is 24.3 Å². The van der Waals surface area contributed by atoms with E-state index >= 15 is 0 Å². The monoisotopic (exact) mass is 284 g/mol. The average Bonchev–Trinajstić information content (AvgIpc) is 2.85. The van der Waals surface area contributed by atoms with Gasteiger partial charge in [0.25, 0.3) is 0 Å². The van der Waals surface area contributed by atoms with E-state index in [1.54, 1.807) is 12.1 Å². The molecule has 2 nitrogen and oxygen atoms in total. The number of likely N-dealkylation sites (N-methyl/N-ethyl adjacent to an activating group) is 2. The Morgan fingerprint density at radius 1 is 1.32 bits per heavy atom. The fraction of sp³-hybridized carbons (Fsp3) is 0.600. The summed E-state index contributed by atoms with van der Waals surface area (Å²) in [7, 11) is 6.13. The maximum absolute atomic E-state index is 13.6. The Morgan fingerprint density at radius 2 is 1.95 bits per heavy atom. The molecule has 0 bridgehead atoms. The number of rotatable bonds is 4. The van der Waals surface area contributed by atoms with Gasteiger partial charge < -0.3 is 10.2 Å². The topological polar surface area (TPSA) is 15.3 Å². The van der Waals surface area contributed by atoms with Crippen LogP contribution in [0.5, 0.6) is 0 Å². The van der Waals surface area contributed by atoms with Crippen LogP contribution in [0.3, 0.4) is 0 Å². The Hall–Kier alpha value is -0.640. The normalized spacial score (nSPS) is 19.9. The van der Waals surface area contributed by atoms with Crippen molar-refractivity contribution in [3.05, 3.63) is 34.6 Å². The van der Waals surface area contributed by atoms with Crippen molar-refractivity contribution in [2.45, 2.75) is 37.3 Å². The van der Waals surface area contributed by atoms with Crippen LogP contribution >= 0.6 is 11.6 Å². The van der Waals surface area contributed by atoms with Crippen LogP contribution in [0.15, 0.2) is 18.2 Å². The molecule has 1 aromatic carbocycles. The lowest BCUT2D eigenvalue weighted by Crippen LogP contribution is -2.51. The van der Waals surface area contributed by atoms with Crippen LogP contribution in [0.2, 0.25) is 5.02 Å². The van der Waals surface area contributed by atoms with Gasteiger partial charge in [-0.3, -0.25) is 0 Å². The number of hydrogen-bond acceptors (Lipinski definition) is 2. The van der Waals surface area contributed by atoms with Gasteiger partial charge in [0, 0.05) is 10.6 Å². The molecule has 0 spiro atoms. The van der Waals surface area contributed by atoms with Gasteiger partial charge in [0.1, 0.15) is 5.82 Å². The molecule has 1 aliphatic carbocycles. The van der Waals surface area contributed by atoms with Gasteiger partial charge in [0.2, 0.25) is 0 Å². The van der Waals surface area contributed by atoms with Crippen molar-refractivity contribution in [1.82, 2.24) is 10.2 Å². The molecule has 0 radical (unpaired) electrons. The first-order chi connectivity index (χ1) is 9.01. The molecule has 1 saturated carbocycles. The van der Waals surface area contributed by atoms with Crippen LogP contribution in [0.1, 0.15) is 37.3 Å². The van der Waals surface area contributed by atoms with E-state index in [0.29, 0.717) is 5.02 Å². The van der Waals surface area contributed by atoms with Crippen LogP contribution in [-0.4, -0.2) is 31.6 Å². The summed E-state index contributed by atoms with van der Waals surface area (Å²) in [6, 6.07) is 4.67. The second-order valence-electron chi connectivity index (χ2n) is 5.59. The zero-order valence-electron chi connectivity index (χ0n) is 11.8. The van der Waals surface area contributed by atoms with Crippen LogP contribution in [0, 0.1) is 5.82 Å². The van der Waals surface area contributed by atoms with Crippen LogP contribution in [-0.2, 0) is 0 Å². The van der Waals surface area contributed by atoms with Crippen molar-refractivity contribution >= 4 is 11.6 Å². The molecule has 1 aliphatic rings. The molecule has 2 rings (SSSR count). The molecular formula is C15H22ClFN2. The lowest BCUT2D eigenvalue weighted by atomic mass is 9.82. The Kier molecular flexibility index (Phi) is 4.49. The highest BCUT2D eigenvalue weighted by Crippen LogP contribution is 2.44. The number of halogens is 2. The van der Waals surface area contributed by atoms with Gasteiger partial charge in [0.05, 0.1) is 6.04 Å². The molecule has 0 heterocycles. The van der Waals surface area contributed by atoms with Gasteiger partial charge in [0.15, 0.2) is 0 Å². The van der Waals surface area contributed by atoms with Crippen molar-refractivity contribution in [3.63, 3.8) is 0 Å². The molecule has 1 unspecified atom stereocenters. The quantitative estimate of drug-likeness (QED) is 0.908. The molecule has 106 valence electrons. The summed E-state index contributed by atoms with van der Waals surface area (Å²) in [6.07, 6.45) is 4.64. The average molecular weight is 285 g/mol. The van der Waals surface area contributed by atoms with Gasteiger partial charge in [-0.15, -0.1) is 0 Å². The molecular weight excluding hydrogens is 263 g/mol. The van der Waals surface area contributed by atoms with Crippen LogP contribution in [0.25, 0.3) is 0 Å². The molecule has 19 heavy (non-hydrogen) atoms. The number of nitrogens with one attached hydrogen (secondary N) is 1. The summed E-state index contributed by atoms with van der Waals surface area (Å²) in [5.74, 6) is -0.230. The molecule has 0 amide bonds. The lowest BCUT2D eigenvalue weighted by molar-refractivity contribution is 0.108. The second-order valence-corrected chi connectivity index (χ2v) is 6.00. The minimum atomic E-state index is -0.230. The van der Waals surface area contributed by atoms with Gasteiger partial charge in [-0.2, -0.15) is 0 Å². The molecule has 1 N–H and O–H groups in total. The predicted molar refractivity (Wildman–Crippen MR) is 78.1 cm³/mol. The highest BCUT2D eigenvalue weighted by atomic mass is 35.5. The zero-order chi connectivity index (χ0) is 14.0. The first kappa shape index (κ1) is 14.8.